The van der Waals surface area contributed by atoms with E-state index >= 15 is 0 Å². The van der Waals surface area contributed by atoms with Gasteiger partial charge in [-0.1, -0.05) is 13.8 Å². The molecule has 0 bridgehead atoms. The van der Waals surface area contributed by atoms with Gasteiger partial charge in [-0.25, -0.2) is 4.79 Å². The van der Waals surface area contributed by atoms with Crippen molar-refractivity contribution in [1.29, 1.82) is 0 Å². The number of carboxylic acid groups (broad SMARTS) is 1. The van der Waals surface area contributed by atoms with Crippen LogP contribution in [0, 0.1) is 11.8 Å². The molecule has 21 heavy (non-hydrogen) atoms. The quantitative estimate of drug-likeness (QED) is 0.470. The summed E-state index contributed by atoms with van der Waals surface area (Å²) in [6.45, 7) is 4.10. The average molecular weight is 299 g/mol. The molecule has 0 aliphatic heterocycles. The summed E-state index contributed by atoms with van der Waals surface area (Å²) in [7, 11) is 0. The van der Waals surface area contributed by atoms with Gasteiger partial charge in [0.1, 0.15) is 0 Å². The Hall–Kier alpha value is -1.79. The van der Waals surface area contributed by atoms with E-state index in [1.54, 1.807) is 13.8 Å². The van der Waals surface area contributed by atoms with E-state index in [1.165, 1.54) is 0 Å². The molecule has 1 aliphatic rings. The van der Waals surface area contributed by atoms with E-state index in [1.807, 2.05) is 0 Å². The van der Waals surface area contributed by atoms with Gasteiger partial charge in [0.25, 0.3) is 0 Å². The number of rotatable bonds is 9. The maximum atomic E-state index is 11.5. The lowest BCUT2D eigenvalue weighted by atomic mass is 9.96. The molecule has 0 aromatic heterocycles. The zero-order chi connectivity index (χ0) is 15.8. The SMILES string of the molecule is CC(C)C(CNC(=O)NCCCC(=O)NC1CC1)C(=O)O. The van der Waals surface area contributed by atoms with Crippen LogP contribution in [0.2, 0.25) is 0 Å². The van der Waals surface area contributed by atoms with Crippen LogP contribution in [0.3, 0.4) is 0 Å². The van der Waals surface area contributed by atoms with Gasteiger partial charge in [-0.15, -0.1) is 0 Å². The number of aliphatic carboxylic acids is 1. The third-order valence-electron chi connectivity index (χ3n) is 3.41. The number of hydrogen-bond acceptors (Lipinski definition) is 3. The molecule has 0 spiro atoms. The van der Waals surface area contributed by atoms with Crippen LogP contribution in [0.1, 0.15) is 39.5 Å². The lowest BCUT2D eigenvalue weighted by Crippen LogP contribution is -2.41. The van der Waals surface area contributed by atoms with Gasteiger partial charge in [0.15, 0.2) is 0 Å². The molecule has 7 heteroatoms. The lowest BCUT2D eigenvalue weighted by molar-refractivity contribution is -0.143. The Morgan fingerprint density at radius 3 is 2.38 bits per heavy atom. The van der Waals surface area contributed by atoms with Crippen molar-refractivity contribution >= 4 is 17.9 Å². The largest absolute Gasteiger partial charge is 0.481 e. The molecule has 0 aromatic rings. The Morgan fingerprint density at radius 1 is 1.19 bits per heavy atom. The Morgan fingerprint density at radius 2 is 1.86 bits per heavy atom. The number of carbonyl (C=O) groups excluding carboxylic acids is 2. The van der Waals surface area contributed by atoms with Gasteiger partial charge in [0, 0.05) is 25.6 Å². The van der Waals surface area contributed by atoms with Crippen molar-refractivity contribution in [3.63, 3.8) is 0 Å². The fraction of sp³-hybridized carbons (Fsp3) is 0.786. The molecule has 3 amide bonds. The summed E-state index contributed by atoms with van der Waals surface area (Å²) in [5.74, 6) is -1.54. The Labute approximate surface area is 124 Å². The average Bonchev–Trinajstić information content (AvgIpc) is 3.17. The summed E-state index contributed by atoms with van der Waals surface area (Å²) < 4.78 is 0. The van der Waals surface area contributed by atoms with Crippen LogP contribution >= 0.6 is 0 Å². The molecule has 120 valence electrons. The summed E-state index contributed by atoms with van der Waals surface area (Å²) in [6, 6.07) is -0.0396. The van der Waals surface area contributed by atoms with Crippen molar-refractivity contribution in [3.05, 3.63) is 0 Å². The van der Waals surface area contributed by atoms with Gasteiger partial charge in [-0.05, 0) is 25.2 Å². The summed E-state index contributed by atoms with van der Waals surface area (Å²) in [5.41, 5.74) is 0. The summed E-state index contributed by atoms with van der Waals surface area (Å²) in [6.07, 6.45) is 3.08. The fourth-order valence-corrected chi connectivity index (χ4v) is 1.85. The molecular formula is C14H25N3O4. The van der Waals surface area contributed by atoms with Crippen LogP contribution < -0.4 is 16.0 Å². The molecule has 1 rings (SSSR count). The molecule has 7 nitrogen and oxygen atoms in total. The number of carboxylic acids is 1. The molecule has 0 radical (unpaired) electrons. The van der Waals surface area contributed by atoms with Crippen molar-refractivity contribution in [2.24, 2.45) is 11.8 Å². The smallest absolute Gasteiger partial charge is 0.314 e. The number of carbonyl (C=O) groups is 3. The van der Waals surface area contributed by atoms with Crippen molar-refractivity contribution in [3.8, 4) is 0 Å². The first-order valence-corrected chi connectivity index (χ1v) is 7.44. The molecule has 0 saturated heterocycles. The van der Waals surface area contributed by atoms with Gasteiger partial charge in [-0.2, -0.15) is 0 Å². The maximum Gasteiger partial charge on any atom is 0.314 e. The lowest BCUT2D eigenvalue weighted by Gasteiger charge is -2.16. The second kappa shape index (κ2) is 8.49. The normalized spacial score (nSPS) is 15.4. The predicted octanol–water partition coefficient (Wildman–Crippen LogP) is 0.701. The molecular weight excluding hydrogens is 274 g/mol. The van der Waals surface area contributed by atoms with Gasteiger partial charge in [0.2, 0.25) is 5.91 Å². The Bertz CT molecular complexity index is 380. The van der Waals surface area contributed by atoms with Crippen molar-refractivity contribution in [1.82, 2.24) is 16.0 Å². The van der Waals surface area contributed by atoms with Gasteiger partial charge in [-0.3, -0.25) is 9.59 Å². The third kappa shape index (κ3) is 7.53. The number of urea groups is 1. The highest BCUT2D eigenvalue weighted by Crippen LogP contribution is 2.18. The van der Waals surface area contributed by atoms with Gasteiger partial charge < -0.3 is 21.1 Å². The van der Waals surface area contributed by atoms with Crippen LogP contribution in [0.4, 0.5) is 4.79 Å². The van der Waals surface area contributed by atoms with E-state index < -0.39 is 17.9 Å². The predicted molar refractivity (Wildman–Crippen MR) is 77.8 cm³/mol. The number of amides is 3. The highest BCUT2D eigenvalue weighted by molar-refractivity contribution is 5.77. The van der Waals surface area contributed by atoms with E-state index in [9.17, 15) is 14.4 Å². The molecule has 1 saturated carbocycles. The molecule has 1 aliphatic carbocycles. The van der Waals surface area contributed by atoms with Crippen molar-refractivity contribution < 1.29 is 19.5 Å². The minimum absolute atomic E-state index is 0.0189. The van der Waals surface area contributed by atoms with E-state index in [0.29, 0.717) is 25.4 Å². The fourth-order valence-electron chi connectivity index (χ4n) is 1.85. The van der Waals surface area contributed by atoms with E-state index in [0.717, 1.165) is 12.8 Å². The molecule has 1 unspecified atom stereocenters. The standard InChI is InChI=1S/C14H25N3O4/c1-9(2)11(13(19)20)8-16-14(21)15-7-3-4-12(18)17-10-5-6-10/h9-11H,3-8H2,1-2H3,(H,17,18)(H,19,20)(H2,15,16,21). The summed E-state index contributed by atoms with van der Waals surface area (Å²) >= 11 is 0. The molecule has 1 atom stereocenters. The second-order valence-electron chi connectivity index (χ2n) is 5.77. The summed E-state index contributed by atoms with van der Waals surface area (Å²) in [4.78, 5) is 33.9. The highest BCUT2D eigenvalue weighted by atomic mass is 16.4. The first-order valence-electron chi connectivity index (χ1n) is 7.44. The Kier molecular flexibility index (Phi) is 6.98. The Balaban J connectivity index is 2.07. The van der Waals surface area contributed by atoms with Crippen LogP contribution in [0.15, 0.2) is 0 Å². The topological polar surface area (TPSA) is 108 Å². The van der Waals surface area contributed by atoms with Gasteiger partial charge in [0.05, 0.1) is 5.92 Å². The molecule has 4 N–H and O–H groups in total. The zero-order valence-electron chi connectivity index (χ0n) is 12.6. The first-order chi connectivity index (χ1) is 9.90. The van der Waals surface area contributed by atoms with Crippen molar-refractivity contribution in [2.45, 2.75) is 45.6 Å². The van der Waals surface area contributed by atoms with E-state index in [2.05, 4.69) is 16.0 Å². The third-order valence-corrected chi connectivity index (χ3v) is 3.41. The van der Waals surface area contributed by atoms with E-state index in [4.69, 9.17) is 5.11 Å². The van der Waals surface area contributed by atoms with Gasteiger partial charge >= 0.3 is 12.0 Å². The molecule has 0 aromatic carbocycles. The van der Waals surface area contributed by atoms with Crippen LogP contribution in [-0.2, 0) is 9.59 Å². The van der Waals surface area contributed by atoms with E-state index in [-0.39, 0.29) is 18.4 Å². The molecule has 1 fully saturated rings. The minimum atomic E-state index is -0.915. The zero-order valence-corrected chi connectivity index (χ0v) is 12.6. The molecule has 0 heterocycles. The number of hydrogen-bond donors (Lipinski definition) is 4. The summed E-state index contributed by atoms with van der Waals surface area (Å²) in [5, 5.41) is 17.0. The monoisotopic (exact) mass is 299 g/mol. The van der Waals surface area contributed by atoms with Crippen LogP contribution in [0.25, 0.3) is 0 Å². The second-order valence-corrected chi connectivity index (χ2v) is 5.77. The van der Waals surface area contributed by atoms with Crippen LogP contribution in [0.5, 0.6) is 0 Å². The first kappa shape index (κ1) is 17.3. The number of nitrogens with one attached hydrogen (secondary N) is 3. The van der Waals surface area contributed by atoms with Crippen molar-refractivity contribution in [2.75, 3.05) is 13.1 Å². The maximum absolute atomic E-state index is 11.5. The highest BCUT2D eigenvalue weighted by Gasteiger charge is 2.23. The van der Waals surface area contributed by atoms with Crippen LogP contribution in [-0.4, -0.2) is 42.1 Å². The minimum Gasteiger partial charge on any atom is -0.481 e.